The Labute approximate surface area is 132 Å². The van der Waals surface area contributed by atoms with Crippen LogP contribution in [0, 0.1) is 0 Å². The van der Waals surface area contributed by atoms with E-state index in [-0.39, 0.29) is 11.5 Å². The maximum Gasteiger partial charge on any atom is 0.386 e. The highest BCUT2D eigenvalue weighted by Crippen LogP contribution is 2.54. The summed E-state index contributed by atoms with van der Waals surface area (Å²) < 4.78 is 30.4. The lowest BCUT2D eigenvalue weighted by Gasteiger charge is -2.16. The third-order valence-electron chi connectivity index (χ3n) is 3.83. The van der Waals surface area contributed by atoms with E-state index in [1.807, 2.05) is 0 Å². The van der Waals surface area contributed by atoms with E-state index in [1.165, 1.54) is 6.07 Å². The third-order valence-corrected chi connectivity index (χ3v) is 5.42. The van der Waals surface area contributed by atoms with E-state index in [0.717, 1.165) is 4.31 Å². The molecular formula is C15H10ClNO4S. The molecule has 2 aromatic carbocycles. The number of hydrogen-bond donors (Lipinski definition) is 0. The molecule has 22 heavy (non-hydrogen) atoms. The summed E-state index contributed by atoms with van der Waals surface area (Å²) in [5.41, 5.74) is 1.09. The van der Waals surface area contributed by atoms with Crippen molar-refractivity contribution >= 4 is 27.7 Å². The van der Waals surface area contributed by atoms with Crippen LogP contribution in [0.3, 0.4) is 0 Å². The summed E-state index contributed by atoms with van der Waals surface area (Å²) in [5.74, 6) is -0.0142. The molecule has 0 radical (unpaired) electrons. The van der Waals surface area contributed by atoms with Gasteiger partial charge in [0.25, 0.3) is 0 Å². The van der Waals surface area contributed by atoms with Gasteiger partial charge in [0.1, 0.15) is 11.8 Å². The summed E-state index contributed by atoms with van der Waals surface area (Å²) in [6.07, 6.45) is 0. The van der Waals surface area contributed by atoms with Crippen molar-refractivity contribution in [3.05, 3.63) is 64.7 Å². The largest absolute Gasteiger partial charge is 0.386 e. The predicted molar refractivity (Wildman–Crippen MR) is 80.1 cm³/mol. The molecule has 0 saturated carbocycles. The summed E-state index contributed by atoms with van der Waals surface area (Å²) in [6.45, 7) is 0. The van der Waals surface area contributed by atoms with Crippen molar-refractivity contribution in [2.75, 3.05) is 0 Å². The maximum absolute atomic E-state index is 12.6. The number of rotatable bonds is 2. The van der Waals surface area contributed by atoms with Gasteiger partial charge in [-0.3, -0.25) is 4.79 Å². The molecule has 2 aromatic rings. The van der Waals surface area contributed by atoms with Gasteiger partial charge in [-0.05, 0) is 18.2 Å². The summed E-state index contributed by atoms with van der Waals surface area (Å²) >= 11 is 5.97. The number of Topliss-reactive ketones (excluding diaryl/α,β-unsaturated/α-hetero) is 1. The normalized spacial score (nSPS) is 27.2. The molecular weight excluding hydrogens is 326 g/mol. The molecule has 0 aromatic heterocycles. The van der Waals surface area contributed by atoms with E-state index < -0.39 is 22.4 Å². The number of ketones is 1. The van der Waals surface area contributed by atoms with Crippen LogP contribution in [0.25, 0.3) is 0 Å². The van der Waals surface area contributed by atoms with Crippen molar-refractivity contribution in [1.82, 2.24) is 4.31 Å². The Morgan fingerprint density at radius 2 is 1.86 bits per heavy atom. The number of carbonyl (C=O) groups excluding carboxylic acids is 1. The third kappa shape index (κ3) is 1.95. The van der Waals surface area contributed by atoms with Gasteiger partial charge in [-0.25, -0.2) is 0 Å². The molecule has 0 spiro atoms. The Hall–Kier alpha value is -1.89. The zero-order chi connectivity index (χ0) is 15.5. The van der Waals surface area contributed by atoms with Crippen LogP contribution in [-0.4, -0.2) is 24.5 Å². The van der Waals surface area contributed by atoms with Gasteiger partial charge in [-0.15, -0.1) is 4.31 Å². The molecule has 0 aliphatic carbocycles. The first-order chi connectivity index (χ1) is 10.5. The Bertz CT molecular complexity index is 882. The van der Waals surface area contributed by atoms with Gasteiger partial charge in [0.05, 0.1) is 6.04 Å². The highest BCUT2D eigenvalue weighted by Gasteiger charge is 2.64. The highest BCUT2D eigenvalue weighted by atomic mass is 35.5. The van der Waals surface area contributed by atoms with Crippen LogP contribution in [0.2, 0.25) is 5.02 Å². The number of carbonyl (C=O) groups is 1. The van der Waals surface area contributed by atoms with Crippen molar-refractivity contribution in [3.8, 4) is 5.75 Å². The molecule has 4 rings (SSSR count). The second-order valence-corrected chi connectivity index (χ2v) is 7.05. The SMILES string of the molecule is O=C(c1ccccc1)[C@@H]1[C@H]2c3cc(Cl)ccc3OS(=O)(=O)N12. The molecule has 0 N–H and O–H groups in total. The zero-order valence-electron chi connectivity index (χ0n) is 11.1. The zero-order valence-corrected chi connectivity index (χ0v) is 12.7. The van der Waals surface area contributed by atoms with Crippen molar-refractivity contribution in [3.63, 3.8) is 0 Å². The molecule has 0 amide bonds. The minimum Gasteiger partial charge on any atom is -0.370 e. The Morgan fingerprint density at radius 3 is 2.59 bits per heavy atom. The first kappa shape index (κ1) is 13.8. The van der Waals surface area contributed by atoms with Crippen LogP contribution in [-0.2, 0) is 10.3 Å². The number of nitrogens with zero attached hydrogens (tertiary/aromatic N) is 1. The van der Waals surface area contributed by atoms with Gasteiger partial charge < -0.3 is 4.18 Å². The van der Waals surface area contributed by atoms with Crippen molar-refractivity contribution < 1.29 is 17.4 Å². The Morgan fingerprint density at radius 1 is 1.14 bits per heavy atom. The van der Waals surface area contributed by atoms with Crippen molar-refractivity contribution in [1.29, 1.82) is 0 Å². The van der Waals surface area contributed by atoms with Gasteiger partial charge in [-0.2, -0.15) is 8.42 Å². The monoisotopic (exact) mass is 335 g/mol. The molecule has 1 saturated heterocycles. The summed E-state index contributed by atoms with van der Waals surface area (Å²) in [4.78, 5) is 12.6. The van der Waals surface area contributed by atoms with E-state index in [0.29, 0.717) is 16.1 Å². The molecule has 2 heterocycles. The van der Waals surface area contributed by atoms with E-state index in [9.17, 15) is 13.2 Å². The van der Waals surface area contributed by atoms with Crippen molar-refractivity contribution in [2.45, 2.75) is 12.1 Å². The standard InChI is InChI=1S/C15H10ClNO4S/c16-10-6-7-12-11(8-10)13-14(17(13)22(19,20)21-12)15(18)9-4-2-1-3-5-9/h1-8,13-14H/t13-,14+,17?/m1/s1. The minimum absolute atomic E-state index is 0.231. The summed E-state index contributed by atoms with van der Waals surface area (Å²) in [6, 6.07) is 12.0. The van der Waals surface area contributed by atoms with Crippen LogP contribution in [0.5, 0.6) is 5.75 Å². The van der Waals surface area contributed by atoms with Crippen LogP contribution in [0.15, 0.2) is 48.5 Å². The Balaban J connectivity index is 1.78. The lowest BCUT2D eigenvalue weighted by molar-refractivity contribution is 0.0980. The minimum atomic E-state index is -3.95. The van der Waals surface area contributed by atoms with Gasteiger partial charge in [0.15, 0.2) is 5.78 Å². The first-order valence-electron chi connectivity index (χ1n) is 6.61. The molecule has 112 valence electrons. The van der Waals surface area contributed by atoms with Gasteiger partial charge in [0, 0.05) is 16.1 Å². The van der Waals surface area contributed by atoms with Crippen LogP contribution in [0.1, 0.15) is 22.0 Å². The van der Waals surface area contributed by atoms with Gasteiger partial charge >= 0.3 is 10.3 Å². The average Bonchev–Trinajstić information content (AvgIpc) is 3.25. The maximum atomic E-state index is 12.6. The second-order valence-electron chi connectivity index (χ2n) is 5.17. The summed E-state index contributed by atoms with van der Waals surface area (Å²) in [7, 11) is -3.95. The molecule has 2 aliphatic heterocycles. The van der Waals surface area contributed by atoms with Crippen LogP contribution in [0.4, 0.5) is 0 Å². The number of hydrogen-bond acceptors (Lipinski definition) is 4. The van der Waals surface area contributed by atoms with Crippen molar-refractivity contribution in [2.24, 2.45) is 0 Å². The molecule has 1 fully saturated rings. The number of benzene rings is 2. The molecule has 5 nitrogen and oxygen atoms in total. The molecule has 3 atom stereocenters. The van der Waals surface area contributed by atoms with E-state index in [1.54, 1.807) is 42.5 Å². The number of fused-ring (bicyclic) bond motifs is 3. The summed E-state index contributed by atoms with van der Waals surface area (Å²) in [5, 5.41) is 0.472. The molecule has 0 bridgehead atoms. The molecule has 1 unspecified atom stereocenters. The molecule has 2 aliphatic rings. The van der Waals surface area contributed by atoms with Gasteiger partial charge in [0.2, 0.25) is 0 Å². The van der Waals surface area contributed by atoms with Gasteiger partial charge in [-0.1, -0.05) is 41.9 Å². The van der Waals surface area contributed by atoms with Crippen LogP contribution < -0.4 is 4.18 Å². The second kappa shape index (κ2) is 4.55. The fourth-order valence-electron chi connectivity index (χ4n) is 2.81. The smallest absolute Gasteiger partial charge is 0.370 e. The fraction of sp³-hybridized carbons (Fsp3) is 0.133. The lowest BCUT2D eigenvalue weighted by atomic mass is 10.0. The van der Waals surface area contributed by atoms with E-state index in [2.05, 4.69) is 0 Å². The average molecular weight is 336 g/mol. The molecule has 7 heteroatoms. The lowest BCUT2D eigenvalue weighted by Crippen LogP contribution is -2.25. The first-order valence-corrected chi connectivity index (χ1v) is 8.35. The van der Waals surface area contributed by atoms with Crippen LogP contribution >= 0.6 is 11.6 Å². The van der Waals surface area contributed by atoms with E-state index >= 15 is 0 Å². The number of halogens is 1. The highest BCUT2D eigenvalue weighted by molar-refractivity contribution is 7.85. The predicted octanol–water partition coefficient (Wildman–Crippen LogP) is 2.59. The van der Waals surface area contributed by atoms with E-state index in [4.69, 9.17) is 15.8 Å². The fourth-order valence-corrected chi connectivity index (χ4v) is 4.40. The Kier molecular flexibility index (Phi) is 2.84. The topological polar surface area (TPSA) is 63.5 Å². The quantitative estimate of drug-likeness (QED) is 0.625.